The van der Waals surface area contributed by atoms with Crippen molar-refractivity contribution in [1.82, 2.24) is 20.3 Å². The van der Waals surface area contributed by atoms with Crippen molar-refractivity contribution >= 4 is 23.6 Å². The summed E-state index contributed by atoms with van der Waals surface area (Å²) in [5.74, 6) is 0.300. The fraction of sp³-hybridized carbons (Fsp3) is 0.296. The van der Waals surface area contributed by atoms with Crippen LogP contribution in [0.3, 0.4) is 0 Å². The van der Waals surface area contributed by atoms with E-state index in [2.05, 4.69) is 25.6 Å². The Morgan fingerprint density at radius 3 is 2.33 bits per heavy atom. The highest BCUT2D eigenvalue weighted by Gasteiger charge is 2.51. The molecule has 1 aliphatic rings. The molecule has 0 radical (unpaired) electrons. The molecule has 2 heterocycles. The molecule has 1 aliphatic carbocycles. The van der Waals surface area contributed by atoms with Gasteiger partial charge in [-0.25, -0.2) is 4.98 Å². The number of anilines is 1. The molecule has 186 valence electrons. The largest absolute Gasteiger partial charge is 0.481 e. The minimum absolute atomic E-state index is 0.507. The van der Waals surface area contributed by atoms with Gasteiger partial charge in [0.2, 0.25) is 0 Å². The highest BCUT2D eigenvalue weighted by molar-refractivity contribution is 6.09. The normalized spacial score (nSPS) is 15.0. The highest BCUT2D eigenvalue weighted by atomic mass is 16.5. The molecule has 4 rings (SSSR count). The summed E-state index contributed by atoms with van der Waals surface area (Å²) in [6.45, 7) is 3.82. The molecule has 1 fully saturated rings. The summed E-state index contributed by atoms with van der Waals surface area (Å²) in [7, 11) is 3.37. The molecular formula is C27H30N6O3. The third kappa shape index (κ3) is 4.83. The number of carboxylic acids is 1. The van der Waals surface area contributed by atoms with Gasteiger partial charge in [-0.05, 0) is 43.9 Å². The SMILES string of the molecule is CN/C(Nc1cncc(C(C)(C)OC)n1)=C(\C=N)c1ccc(-c2ccc(C3(C(=O)O)CC3)cc2)cn1. The molecule has 0 bridgehead atoms. The molecule has 0 spiro atoms. The summed E-state index contributed by atoms with van der Waals surface area (Å²) in [6, 6.07) is 11.4. The molecule has 3 aromatic rings. The van der Waals surface area contributed by atoms with Crippen molar-refractivity contribution in [3.05, 3.63) is 77.8 Å². The van der Waals surface area contributed by atoms with E-state index in [0.717, 1.165) is 16.7 Å². The Morgan fingerprint density at radius 1 is 1.11 bits per heavy atom. The van der Waals surface area contributed by atoms with E-state index in [4.69, 9.17) is 10.1 Å². The van der Waals surface area contributed by atoms with Gasteiger partial charge in [0, 0.05) is 32.1 Å². The van der Waals surface area contributed by atoms with Crippen molar-refractivity contribution in [2.24, 2.45) is 0 Å². The smallest absolute Gasteiger partial charge is 0.314 e. The summed E-state index contributed by atoms with van der Waals surface area (Å²) in [5, 5.41) is 23.8. The maximum Gasteiger partial charge on any atom is 0.314 e. The third-order valence-electron chi connectivity index (χ3n) is 6.65. The summed E-state index contributed by atoms with van der Waals surface area (Å²) < 4.78 is 5.50. The summed E-state index contributed by atoms with van der Waals surface area (Å²) in [5.41, 5.74) is 3.19. The molecule has 0 unspecified atom stereocenters. The molecule has 4 N–H and O–H groups in total. The Morgan fingerprint density at radius 2 is 1.81 bits per heavy atom. The Kier molecular flexibility index (Phi) is 6.85. The zero-order chi connectivity index (χ0) is 25.9. The average molecular weight is 487 g/mol. The number of ether oxygens (including phenoxy) is 1. The molecule has 2 aromatic heterocycles. The predicted octanol–water partition coefficient (Wildman–Crippen LogP) is 4.19. The first-order valence-electron chi connectivity index (χ1n) is 11.6. The fourth-order valence-corrected chi connectivity index (χ4v) is 3.94. The van der Waals surface area contributed by atoms with E-state index in [1.165, 1.54) is 6.21 Å². The van der Waals surface area contributed by atoms with Crippen LogP contribution >= 0.6 is 0 Å². The summed E-state index contributed by atoms with van der Waals surface area (Å²) in [6.07, 6.45) is 7.59. The molecule has 9 heteroatoms. The van der Waals surface area contributed by atoms with Gasteiger partial charge < -0.3 is 25.9 Å². The monoisotopic (exact) mass is 486 g/mol. The quantitative estimate of drug-likeness (QED) is 0.314. The fourth-order valence-electron chi connectivity index (χ4n) is 3.94. The van der Waals surface area contributed by atoms with Gasteiger partial charge in [0.05, 0.1) is 34.8 Å². The second-order valence-corrected chi connectivity index (χ2v) is 9.21. The van der Waals surface area contributed by atoms with Crippen molar-refractivity contribution in [1.29, 1.82) is 5.41 Å². The van der Waals surface area contributed by atoms with E-state index in [1.54, 1.807) is 32.7 Å². The number of nitrogens with zero attached hydrogens (tertiary/aromatic N) is 3. The van der Waals surface area contributed by atoms with Gasteiger partial charge in [0.15, 0.2) is 0 Å². The van der Waals surface area contributed by atoms with Crippen molar-refractivity contribution in [3.63, 3.8) is 0 Å². The van der Waals surface area contributed by atoms with Crippen molar-refractivity contribution in [3.8, 4) is 11.1 Å². The molecular weight excluding hydrogens is 456 g/mol. The van der Waals surface area contributed by atoms with Crippen LogP contribution in [-0.2, 0) is 20.5 Å². The van der Waals surface area contributed by atoms with Gasteiger partial charge in [-0.2, -0.15) is 0 Å². The first kappa shape index (κ1) is 25.0. The van der Waals surface area contributed by atoms with Gasteiger partial charge in [0.25, 0.3) is 0 Å². The lowest BCUT2D eigenvalue weighted by molar-refractivity contribution is -0.140. The second-order valence-electron chi connectivity index (χ2n) is 9.21. The molecule has 9 nitrogen and oxygen atoms in total. The molecule has 36 heavy (non-hydrogen) atoms. The van der Waals surface area contributed by atoms with Crippen LogP contribution in [0, 0.1) is 5.41 Å². The lowest BCUT2D eigenvalue weighted by Gasteiger charge is -2.22. The number of nitrogens with one attached hydrogen (secondary N) is 3. The Hall–Kier alpha value is -4.11. The zero-order valence-electron chi connectivity index (χ0n) is 20.8. The molecule has 0 atom stereocenters. The lowest BCUT2D eigenvalue weighted by Crippen LogP contribution is -2.23. The van der Waals surface area contributed by atoms with Gasteiger partial charge >= 0.3 is 5.97 Å². The van der Waals surface area contributed by atoms with Crippen molar-refractivity contribution < 1.29 is 14.6 Å². The predicted molar refractivity (Wildman–Crippen MR) is 139 cm³/mol. The Labute approximate surface area is 210 Å². The second kappa shape index (κ2) is 9.87. The van der Waals surface area contributed by atoms with Crippen LogP contribution in [0.15, 0.2) is 60.8 Å². The minimum atomic E-state index is -0.763. The van der Waals surface area contributed by atoms with Crippen LogP contribution in [0.5, 0.6) is 0 Å². The van der Waals surface area contributed by atoms with Gasteiger partial charge in [0.1, 0.15) is 17.2 Å². The number of methoxy groups -OCH3 is 1. The van der Waals surface area contributed by atoms with E-state index in [-0.39, 0.29) is 0 Å². The number of aromatic nitrogens is 3. The molecule has 0 aliphatic heterocycles. The standard InChI is InChI=1S/C27H30N6O3/c1-26(2,36-4)22-15-30-16-23(32-22)33-24(29-3)20(13-28)21-10-7-18(14-31-21)17-5-8-19(9-6-17)27(11-12-27)25(34)35/h5-10,13-16,28-29H,11-12H2,1-4H3,(H,32,33)(H,34,35)/b24-20-,28-13?. The van der Waals surface area contributed by atoms with Crippen LogP contribution in [0.4, 0.5) is 5.82 Å². The first-order valence-corrected chi connectivity index (χ1v) is 11.6. The summed E-state index contributed by atoms with van der Waals surface area (Å²) >= 11 is 0. The Bertz CT molecular complexity index is 1300. The number of carboxylic acid groups (broad SMARTS) is 1. The van der Waals surface area contributed by atoms with E-state index in [1.807, 2.05) is 50.2 Å². The number of aliphatic carboxylic acids is 1. The van der Waals surface area contributed by atoms with Crippen molar-refractivity contribution in [2.45, 2.75) is 37.7 Å². The Balaban J connectivity index is 1.57. The van der Waals surface area contributed by atoms with Crippen LogP contribution < -0.4 is 10.6 Å². The van der Waals surface area contributed by atoms with Gasteiger partial charge in [-0.1, -0.05) is 30.3 Å². The van der Waals surface area contributed by atoms with Gasteiger partial charge in [-0.3, -0.25) is 14.8 Å². The number of carbonyl (C=O) groups is 1. The number of rotatable bonds is 10. The van der Waals surface area contributed by atoms with Crippen molar-refractivity contribution in [2.75, 3.05) is 19.5 Å². The third-order valence-corrected chi connectivity index (χ3v) is 6.65. The molecule has 1 aromatic carbocycles. The van der Waals surface area contributed by atoms with E-state index in [0.29, 0.717) is 41.4 Å². The van der Waals surface area contributed by atoms with Crippen LogP contribution in [0.1, 0.15) is 43.6 Å². The van der Waals surface area contributed by atoms with Crippen LogP contribution in [0.2, 0.25) is 0 Å². The van der Waals surface area contributed by atoms with E-state index < -0.39 is 17.0 Å². The van der Waals surface area contributed by atoms with Crippen LogP contribution in [0.25, 0.3) is 16.7 Å². The first-order chi connectivity index (χ1) is 17.2. The highest BCUT2D eigenvalue weighted by Crippen LogP contribution is 2.48. The molecule has 1 saturated carbocycles. The molecule has 0 amide bonds. The number of benzene rings is 1. The minimum Gasteiger partial charge on any atom is -0.481 e. The number of pyridine rings is 1. The number of allylic oxidation sites excluding steroid dienone is 1. The number of hydrogen-bond donors (Lipinski definition) is 4. The topological polar surface area (TPSA) is 133 Å². The van der Waals surface area contributed by atoms with E-state index in [9.17, 15) is 9.90 Å². The summed E-state index contributed by atoms with van der Waals surface area (Å²) in [4.78, 5) is 25.0. The lowest BCUT2D eigenvalue weighted by atomic mass is 9.94. The zero-order valence-corrected chi connectivity index (χ0v) is 20.8. The maximum absolute atomic E-state index is 11.6. The van der Waals surface area contributed by atoms with E-state index >= 15 is 0 Å². The maximum atomic E-state index is 11.6. The van der Waals surface area contributed by atoms with Gasteiger partial charge in [-0.15, -0.1) is 0 Å². The van der Waals surface area contributed by atoms with Crippen LogP contribution in [-0.4, -0.2) is 46.4 Å². The number of hydrogen-bond acceptors (Lipinski definition) is 8. The molecule has 0 saturated heterocycles. The average Bonchev–Trinajstić information content (AvgIpc) is 3.72.